The molecule has 0 aromatic heterocycles. The molecule has 1 aromatic carbocycles. The molecule has 13 heavy (non-hydrogen) atoms. The van der Waals surface area contributed by atoms with E-state index in [0.29, 0.717) is 0 Å². The zero-order valence-electron chi connectivity index (χ0n) is 7.21. The summed E-state index contributed by atoms with van der Waals surface area (Å²) in [5, 5.41) is 0. The summed E-state index contributed by atoms with van der Waals surface area (Å²) in [5.74, 6) is 0. The predicted octanol–water partition coefficient (Wildman–Crippen LogP) is 3.05. The predicted molar refractivity (Wildman–Crippen MR) is 70.7 cm³/mol. The Morgan fingerprint density at radius 3 is 2.54 bits per heavy atom. The van der Waals surface area contributed by atoms with Crippen molar-refractivity contribution < 1.29 is 4.74 Å². The average molecular weight is 403 g/mol. The minimum atomic E-state index is -0.224. The summed E-state index contributed by atoms with van der Waals surface area (Å²) in [6.07, 6.45) is -0.224. The van der Waals surface area contributed by atoms with E-state index in [1.54, 1.807) is 0 Å². The van der Waals surface area contributed by atoms with Gasteiger partial charge in [0.2, 0.25) is 0 Å². The van der Waals surface area contributed by atoms with Crippen LogP contribution in [0.15, 0.2) is 24.3 Å². The highest BCUT2D eigenvalue weighted by Crippen LogP contribution is 2.28. The van der Waals surface area contributed by atoms with E-state index in [-0.39, 0.29) is 10.3 Å². The summed E-state index contributed by atoms with van der Waals surface area (Å²) in [7, 11) is 0. The fourth-order valence-corrected chi connectivity index (χ4v) is 3.19. The fourth-order valence-electron chi connectivity index (χ4n) is 0.921. The molecule has 0 aliphatic rings. The summed E-state index contributed by atoms with van der Waals surface area (Å²) in [5.41, 5.74) is 6.73. The highest BCUT2D eigenvalue weighted by molar-refractivity contribution is 14.1. The minimum absolute atomic E-state index is 0.0331. The molecular formula is C9H11I2NO. The number of alkyl halides is 1. The van der Waals surface area contributed by atoms with E-state index in [0.717, 1.165) is 0 Å². The Labute approximate surface area is 106 Å². The lowest BCUT2D eigenvalue weighted by molar-refractivity contribution is 0.0603. The van der Waals surface area contributed by atoms with Crippen LogP contribution in [0.2, 0.25) is 0 Å². The van der Waals surface area contributed by atoms with Crippen LogP contribution in [-0.2, 0) is 4.74 Å². The van der Waals surface area contributed by atoms with Crippen molar-refractivity contribution in [2.75, 3.05) is 0 Å². The molecule has 0 spiro atoms. The van der Waals surface area contributed by atoms with Gasteiger partial charge in [-0.05, 0) is 58.2 Å². The van der Waals surface area contributed by atoms with Crippen molar-refractivity contribution in [2.45, 2.75) is 17.3 Å². The van der Waals surface area contributed by atoms with E-state index in [4.69, 9.17) is 10.5 Å². The van der Waals surface area contributed by atoms with Crippen LogP contribution in [0.25, 0.3) is 0 Å². The standard InChI is InChI=1S/C9H11I2NO/c1-6(12)13-9(11)7-4-2-3-5-8(7)10/h2-6,9H,12H2,1H3. The summed E-state index contributed by atoms with van der Waals surface area (Å²) in [6, 6.07) is 8.14. The third-order valence-electron chi connectivity index (χ3n) is 1.48. The maximum absolute atomic E-state index is 5.55. The lowest BCUT2D eigenvalue weighted by Gasteiger charge is -2.15. The first kappa shape index (κ1) is 11.7. The van der Waals surface area contributed by atoms with Gasteiger partial charge >= 0.3 is 0 Å². The number of ether oxygens (including phenoxy) is 1. The summed E-state index contributed by atoms with van der Waals surface area (Å²) >= 11 is 4.54. The average Bonchev–Trinajstić information content (AvgIpc) is 2.03. The van der Waals surface area contributed by atoms with Gasteiger partial charge in [-0.1, -0.05) is 18.2 Å². The molecule has 0 saturated carbocycles. The number of rotatable bonds is 3. The maximum Gasteiger partial charge on any atom is 0.136 e. The molecule has 0 amide bonds. The molecule has 72 valence electrons. The zero-order valence-corrected chi connectivity index (χ0v) is 11.5. The number of hydrogen-bond acceptors (Lipinski definition) is 2. The Bertz CT molecular complexity index is 278. The van der Waals surface area contributed by atoms with Crippen LogP contribution in [0.4, 0.5) is 0 Å². The van der Waals surface area contributed by atoms with Gasteiger partial charge in [0.15, 0.2) is 0 Å². The van der Waals surface area contributed by atoms with E-state index in [9.17, 15) is 0 Å². The number of halogens is 2. The molecule has 2 nitrogen and oxygen atoms in total. The Balaban J connectivity index is 2.76. The minimum Gasteiger partial charge on any atom is -0.346 e. The molecule has 2 N–H and O–H groups in total. The lowest BCUT2D eigenvalue weighted by Crippen LogP contribution is -2.20. The molecule has 0 heterocycles. The molecule has 2 atom stereocenters. The Hall–Kier alpha value is 0.600. The first-order valence-corrected chi connectivity index (χ1v) is 6.23. The van der Waals surface area contributed by atoms with Crippen LogP contribution in [-0.4, -0.2) is 6.23 Å². The van der Waals surface area contributed by atoms with Gasteiger partial charge in [-0.2, -0.15) is 0 Å². The molecule has 2 unspecified atom stereocenters. The SMILES string of the molecule is CC(N)OC(I)c1ccccc1I. The van der Waals surface area contributed by atoms with Crippen LogP contribution in [0, 0.1) is 3.57 Å². The van der Waals surface area contributed by atoms with Gasteiger partial charge in [-0.25, -0.2) is 0 Å². The summed E-state index contributed by atoms with van der Waals surface area (Å²) in [4.78, 5) is 0. The van der Waals surface area contributed by atoms with E-state index in [2.05, 4.69) is 57.3 Å². The van der Waals surface area contributed by atoms with Crippen molar-refractivity contribution in [1.82, 2.24) is 0 Å². The normalized spacial score (nSPS) is 15.4. The van der Waals surface area contributed by atoms with E-state index < -0.39 is 0 Å². The Morgan fingerprint density at radius 2 is 2.00 bits per heavy atom. The number of hydrogen-bond donors (Lipinski definition) is 1. The first-order chi connectivity index (χ1) is 6.11. The monoisotopic (exact) mass is 403 g/mol. The quantitative estimate of drug-likeness (QED) is 0.479. The van der Waals surface area contributed by atoms with Gasteiger partial charge in [0, 0.05) is 9.13 Å². The van der Waals surface area contributed by atoms with Crippen molar-refractivity contribution >= 4 is 45.2 Å². The molecule has 0 saturated heterocycles. The van der Waals surface area contributed by atoms with Crippen molar-refractivity contribution in [3.05, 3.63) is 33.4 Å². The lowest BCUT2D eigenvalue weighted by atomic mass is 10.2. The highest BCUT2D eigenvalue weighted by atomic mass is 127. The van der Waals surface area contributed by atoms with E-state index in [1.165, 1.54) is 9.13 Å². The third-order valence-corrected chi connectivity index (χ3v) is 3.43. The second-order valence-corrected chi connectivity index (χ2v) is 4.97. The Morgan fingerprint density at radius 1 is 1.38 bits per heavy atom. The van der Waals surface area contributed by atoms with Crippen molar-refractivity contribution in [1.29, 1.82) is 0 Å². The van der Waals surface area contributed by atoms with E-state index >= 15 is 0 Å². The van der Waals surface area contributed by atoms with Crippen LogP contribution >= 0.6 is 45.2 Å². The summed E-state index contributed by atoms with van der Waals surface area (Å²) < 4.78 is 6.72. The maximum atomic E-state index is 5.55. The third kappa shape index (κ3) is 3.69. The molecule has 1 aromatic rings. The van der Waals surface area contributed by atoms with Gasteiger partial charge in [-0.3, -0.25) is 0 Å². The molecule has 0 aliphatic heterocycles. The van der Waals surface area contributed by atoms with Gasteiger partial charge < -0.3 is 10.5 Å². The molecule has 0 fully saturated rings. The smallest absolute Gasteiger partial charge is 0.136 e. The number of nitrogens with two attached hydrogens (primary N) is 1. The van der Waals surface area contributed by atoms with Crippen molar-refractivity contribution in [2.24, 2.45) is 5.73 Å². The van der Waals surface area contributed by atoms with Crippen LogP contribution < -0.4 is 5.73 Å². The molecular weight excluding hydrogens is 392 g/mol. The molecule has 0 radical (unpaired) electrons. The number of benzene rings is 1. The highest BCUT2D eigenvalue weighted by Gasteiger charge is 2.11. The molecule has 0 aliphatic carbocycles. The topological polar surface area (TPSA) is 35.2 Å². The molecule has 1 rings (SSSR count). The second-order valence-electron chi connectivity index (χ2n) is 2.68. The first-order valence-electron chi connectivity index (χ1n) is 3.91. The largest absolute Gasteiger partial charge is 0.346 e. The molecule has 0 bridgehead atoms. The van der Waals surface area contributed by atoms with Gasteiger partial charge in [-0.15, -0.1) is 0 Å². The molecule has 4 heteroatoms. The van der Waals surface area contributed by atoms with Crippen LogP contribution in [0.3, 0.4) is 0 Å². The second kappa shape index (κ2) is 5.47. The van der Waals surface area contributed by atoms with Gasteiger partial charge in [0.1, 0.15) is 10.3 Å². The van der Waals surface area contributed by atoms with Crippen molar-refractivity contribution in [3.63, 3.8) is 0 Å². The van der Waals surface area contributed by atoms with Crippen LogP contribution in [0.5, 0.6) is 0 Å². The van der Waals surface area contributed by atoms with Crippen LogP contribution in [0.1, 0.15) is 16.6 Å². The zero-order chi connectivity index (χ0) is 9.84. The van der Waals surface area contributed by atoms with Gasteiger partial charge in [0.25, 0.3) is 0 Å². The Kier molecular flexibility index (Phi) is 4.91. The summed E-state index contributed by atoms with van der Waals surface area (Å²) in [6.45, 7) is 1.83. The van der Waals surface area contributed by atoms with Crippen molar-refractivity contribution in [3.8, 4) is 0 Å². The van der Waals surface area contributed by atoms with E-state index in [1.807, 2.05) is 19.1 Å². The fraction of sp³-hybridized carbons (Fsp3) is 0.333. The van der Waals surface area contributed by atoms with Gasteiger partial charge in [0.05, 0.1) is 0 Å².